The summed E-state index contributed by atoms with van der Waals surface area (Å²) in [4.78, 5) is 24.5. The number of unbranched alkanes of at least 4 members (excludes halogenated alkanes) is 46. The van der Waals surface area contributed by atoms with Crippen LogP contribution in [0.4, 0.5) is 0 Å². The van der Waals surface area contributed by atoms with E-state index in [9.17, 15) is 19.8 Å². The average molecular weight is 935 g/mol. The molecule has 6 nitrogen and oxygen atoms in total. The van der Waals surface area contributed by atoms with Gasteiger partial charge in [-0.05, 0) is 25.7 Å². The van der Waals surface area contributed by atoms with Gasteiger partial charge in [-0.3, -0.25) is 9.59 Å². The lowest BCUT2D eigenvalue weighted by Gasteiger charge is -2.22. The molecule has 1 amide bonds. The molecule has 0 heterocycles. The van der Waals surface area contributed by atoms with Crippen molar-refractivity contribution in [1.29, 1.82) is 0 Å². The molecule has 0 aliphatic rings. The van der Waals surface area contributed by atoms with E-state index in [0.717, 1.165) is 38.5 Å². The van der Waals surface area contributed by atoms with Crippen molar-refractivity contribution in [2.45, 2.75) is 360 Å². The molecular weight excluding hydrogens is 815 g/mol. The lowest BCUT2D eigenvalue weighted by Crippen LogP contribution is -2.45. The van der Waals surface area contributed by atoms with Gasteiger partial charge in [0.15, 0.2) is 0 Å². The number of hydrogen-bond acceptors (Lipinski definition) is 5. The summed E-state index contributed by atoms with van der Waals surface area (Å²) < 4.78 is 5.47. The van der Waals surface area contributed by atoms with Crippen molar-refractivity contribution in [2.75, 3.05) is 13.2 Å². The number of carbonyl (C=O) groups is 2. The first kappa shape index (κ1) is 64.9. The fourth-order valence-electron chi connectivity index (χ4n) is 9.76. The first-order valence-corrected chi connectivity index (χ1v) is 30.3. The third-order valence-electron chi connectivity index (χ3n) is 14.4. The summed E-state index contributed by atoms with van der Waals surface area (Å²) in [5, 5.41) is 23.3. The summed E-state index contributed by atoms with van der Waals surface area (Å²) in [5.74, 6) is -0.0190. The highest BCUT2D eigenvalue weighted by Gasteiger charge is 2.20. The fraction of sp³-hybridized carbons (Fsp3) is 0.967. The molecule has 0 aromatic heterocycles. The third-order valence-corrected chi connectivity index (χ3v) is 14.4. The maximum Gasteiger partial charge on any atom is 0.305 e. The number of carbonyl (C=O) groups excluding carboxylic acids is 2. The van der Waals surface area contributed by atoms with E-state index >= 15 is 0 Å². The molecule has 0 bridgehead atoms. The first-order valence-electron chi connectivity index (χ1n) is 30.3. The summed E-state index contributed by atoms with van der Waals surface area (Å²) in [6, 6.07) is -0.541. The van der Waals surface area contributed by atoms with E-state index in [-0.39, 0.29) is 18.5 Å². The van der Waals surface area contributed by atoms with E-state index in [1.807, 2.05) is 0 Å². The SMILES string of the molecule is CCCCCCCCCCCCCCCCCCC(O)C(CO)NC(=O)CCCCCCCCCCCCCCCCCCCCCCCOC(=O)CCCCCCCCCCCCCC. The molecule has 0 rings (SSSR count). The van der Waals surface area contributed by atoms with Crippen molar-refractivity contribution in [1.82, 2.24) is 5.32 Å². The lowest BCUT2D eigenvalue weighted by molar-refractivity contribution is -0.143. The minimum atomic E-state index is -0.663. The van der Waals surface area contributed by atoms with E-state index in [0.29, 0.717) is 25.9 Å². The molecule has 3 N–H and O–H groups in total. The molecule has 66 heavy (non-hydrogen) atoms. The maximum atomic E-state index is 12.5. The van der Waals surface area contributed by atoms with Gasteiger partial charge in [-0.1, -0.05) is 309 Å². The molecule has 0 spiro atoms. The molecule has 0 fully saturated rings. The number of hydrogen-bond donors (Lipinski definition) is 3. The second-order valence-electron chi connectivity index (χ2n) is 21.1. The molecule has 0 aliphatic carbocycles. The van der Waals surface area contributed by atoms with Crippen LogP contribution in [0.2, 0.25) is 0 Å². The number of rotatable bonds is 57. The van der Waals surface area contributed by atoms with E-state index in [4.69, 9.17) is 4.74 Å². The van der Waals surface area contributed by atoms with Crippen LogP contribution in [0, 0.1) is 0 Å². The maximum absolute atomic E-state index is 12.5. The highest BCUT2D eigenvalue weighted by atomic mass is 16.5. The number of amides is 1. The Bertz CT molecular complexity index is 944. The molecule has 2 atom stereocenters. The van der Waals surface area contributed by atoms with Crippen LogP contribution in [0.25, 0.3) is 0 Å². The van der Waals surface area contributed by atoms with Crippen LogP contribution >= 0.6 is 0 Å². The summed E-state index contributed by atoms with van der Waals surface area (Å²) in [6.07, 6.45) is 65.3. The van der Waals surface area contributed by atoms with Gasteiger partial charge >= 0.3 is 5.97 Å². The van der Waals surface area contributed by atoms with Crippen LogP contribution in [-0.2, 0) is 14.3 Å². The second-order valence-corrected chi connectivity index (χ2v) is 21.1. The van der Waals surface area contributed by atoms with Crippen LogP contribution in [0.1, 0.15) is 348 Å². The van der Waals surface area contributed by atoms with Gasteiger partial charge in [-0.15, -0.1) is 0 Å². The van der Waals surface area contributed by atoms with Crippen molar-refractivity contribution >= 4 is 11.9 Å². The quantitative estimate of drug-likeness (QED) is 0.0417. The number of aliphatic hydroxyl groups is 2. The molecule has 0 aromatic carbocycles. The minimum absolute atomic E-state index is 0.0137. The van der Waals surface area contributed by atoms with Crippen LogP contribution in [0.5, 0.6) is 0 Å². The summed E-state index contributed by atoms with van der Waals surface area (Å²) in [6.45, 7) is 4.98. The molecule has 2 unspecified atom stereocenters. The van der Waals surface area contributed by atoms with E-state index in [1.54, 1.807) is 0 Å². The standard InChI is InChI=1S/C60H119NO5/c1-3-5-7-9-11-13-15-17-18-26-29-32-36-40-44-48-52-58(63)57(56-62)61-59(64)53-49-45-41-37-33-30-27-24-22-20-19-21-23-25-28-31-35-39-43-47-51-55-66-60(65)54-50-46-42-38-34-16-14-12-10-8-6-4-2/h57-58,62-63H,3-56H2,1-2H3,(H,61,64). The van der Waals surface area contributed by atoms with Crippen molar-refractivity contribution < 1.29 is 24.5 Å². The van der Waals surface area contributed by atoms with Crippen LogP contribution in [0.3, 0.4) is 0 Å². The fourth-order valence-corrected chi connectivity index (χ4v) is 9.76. The lowest BCUT2D eigenvalue weighted by atomic mass is 10.0. The molecule has 6 heteroatoms. The number of ether oxygens (including phenoxy) is 1. The van der Waals surface area contributed by atoms with Crippen LogP contribution < -0.4 is 5.32 Å². The van der Waals surface area contributed by atoms with Crippen LogP contribution in [-0.4, -0.2) is 47.4 Å². The van der Waals surface area contributed by atoms with Crippen molar-refractivity contribution in [3.63, 3.8) is 0 Å². The van der Waals surface area contributed by atoms with E-state index in [2.05, 4.69) is 19.2 Å². The largest absolute Gasteiger partial charge is 0.466 e. The molecule has 0 aliphatic heterocycles. The Morgan fingerprint density at radius 1 is 0.364 bits per heavy atom. The monoisotopic (exact) mass is 934 g/mol. The van der Waals surface area contributed by atoms with Gasteiger partial charge in [0, 0.05) is 12.8 Å². The number of esters is 1. The zero-order chi connectivity index (χ0) is 47.9. The Morgan fingerprint density at radius 3 is 0.924 bits per heavy atom. The third kappa shape index (κ3) is 52.2. The van der Waals surface area contributed by atoms with Gasteiger partial charge < -0.3 is 20.3 Å². The van der Waals surface area contributed by atoms with Crippen molar-refractivity contribution in [2.24, 2.45) is 0 Å². The molecule has 0 aromatic rings. The van der Waals surface area contributed by atoms with Gasteiger partial charge in [-0.2, -0.15) is 0 Å². The Morgan fingerprint density at radius 2 is 0.621 bits per heavy atom. The van der Waals surface area contributed by atoms with Gasteiger partial charge in [0.25, 0.3) is 0 Å². The van der Waals surface area contributed by atoms with Gasteiger partial charge in [-0.25, -0.2) is 0 Å². The van der Waals surface area contributed by atoms with E-state index in [1.165, 1.54) is 276 Å². The van der Waals surface area contributed by atoms with Gasteiger partial charge in [0.1, 0.15) is 0 Å². The van der Waals surface area contributed by atoms with Gasteiger partial charge in [0.2, 0.25) is 5.91 Å². The topological polar surface area (TPSA) is 95.9 Å². The Labute approximate surface area is 413 Å². The smallest absolute Gasteiger partial charge is 0.305 e. The number of nitrogens with one attached hydrogen (secondary N) is 1. The summed E-state index contributed by atoms with van der Waals surface area (Å²) in [5.41, 5.74) is 0. The summed E-state index contributed by atoms with van der Waals surface area (Å²) >= 11 is 0. The molecule has 394 valence electrons. The molecule has 0 radical (unpaired) electrons. The predicted molar refractivity (Wildman–Crippen MR) is 287 cm³/mol. The second kappa shape index (κ2) is 56.4. The zero-order valence-corrected chi connectivity index (χ0v) is 45.0. The normalized spacial score (nSPS) is 12.5. The molecule has 0 saturated carbocycles. The van der Waals surface area contributed by atoms with Crippen molar-refractivity contribution in [3.05, 3.63) is 0 Å². The van der Waals surface area contributed by atoms with E-state index < -0.39 is 12.1 Å². The average Bonchev–Trinajstić information content (AvgIpc) is 3.32. The molecule has 0 saturated heterocycles. The first-order chi connectivity index (χ1) is 32.5. The van der Waals surface area contributed by atoms with Crippen molar-refractivity contribution in [3.8, 4) is 0 Å². The highest BCUT2D eigenvalue weighted by Crippen LogP contribution is 2.18. The Kier molecular flexibility index (Phi) is 55.5. The summed E-state index contributed by atoms with van der Waals surface area (Å²) in [7, 11) is 0. The van der Waals surface area contributed by atoms with Crippen LogP contribution in [0.15, 0.2) is 0 Å². The number of aliphatic hydroxyl groups excluding tert-OH is 2. The molecular formula is C60H119NO5. The van der Waals surface area contributed by atoms with Gasteiger partial charge in [0.05, 0.1) is 25.4 Å². The zero-order valence-electron chi connectivity index (χ0n) is 45.0. The highest BCUT2D eigenvalue weighted by molar-refractivity contribution is 5.76. The Balaban J connectivity index is 3.37. The predicted octanol–water partition coefficient (Wildman–Crippen LogP) is 18.7. The Hall–Kier alpha value is -1.14. The minimum Gasteiger partial charge on any atom is -0.466 e.